The molecule has 1 aromatic heterocycles. The number of hydrogen-bond donors (Lipinski definition) is 0. The highest BCUT2D eigenvalue weighted by Gasteiger charge is 2.27. The predicted molar refractivity (Wildman–Crippen MR) is 99.4 cm³/mol. The van der Waals surface area contributed by atoms with Crippen LogP contribution in [0.3, 0.4) is 0 Å². The highest BCUT2D eigenvalue weighted by atomic mass is 19.4. The van der Waals surface area contributed by atoms with Gasteiger partial charge in [-0.05, 0) is 12.0 Å². The zero-order valence-corrected chi connectivity index (χ0v) is 16.0. The molecule has 1 amide bonds. The van der Waals surface area contributed by atoms with Gasteiger partial charge in [-0.15, -0.1) is 5.10 Å². The van der Waals surface area contributed by atoms with Crippen molar-refractivity contribution in [1.29, 1.82) is 0 Å². The molecule has 0 atom stereocenters. The van der Waals surface area contributed by atoms with Gasteiger partial charge in [0.15, 0.2) is 5.69 Å². The third-order valence-corrected chi connectivity index (χ3v) is 4.63. The number of carbonyl (C=O) groups is 1. The first-order chi connectivity index (χ1) is 13.9. The molecule has 1 saturated heterocycles. The van der Waals surface area contributed by atoms with Crippen molar-refractivity contribution < 1.29 is 22.7 Å². The van der Waals surface area contributed by atoms with Gasteiger partial charge in [-0.3, -0.25) is 9.69 Å². The predicted octanol–water partition coefficient (Wildman–Crippen LogP) is 2.05. The minimum Gasteiger partial charge on any atom is -0.372 e. The van der Waals surface area contributed by atoms with Crippen LogP contribution in [-0.4, -0.2) is 82.8 Å². The van der Waals surface area contributed by atoms with E-state index in [1.807, 2.05) is 30.3 Å². The minimum absolute atomic E-state index is 0.0726. The maximum absolute atomic E-state index is 12.6. The summed E-state index contributed by atoms with van der Waals surface area (Å²) in [4.78, 5) is 16.5. The first-order valence-corrected chi connectivity index (χ1v) is 9.51. The van der Waals surface area contributed by atoms with Crippen LogP contribution in [0.25, 0.3) is 0 Å². The van der Waals surface area contributed by atoms with Gasteiger partial charge >= 0.3 is 6.18 Å². The summed E-state index contributed by atoms with van der Waals surface area (Å²) in [6.45, 7) is 2.50. The van der Waals surface area contributed by atoms with Gasteiger partial charge in [-0.2, -0.15) is 13.2 Å². The summed E-state index contributed by atoms with van der Waals surface area (Å²) in [7, 11) is 0. The first kappa shape index (κ1) is 21.3. The molecular weight excluding hydrogens is 387 g/mol. The Hall–Kier alpha value is -2.46. The molecule has 158 valence electrons. The Morgan fingerprint density at radius 2 is 1.83 bits per heavy atom. The highest BCUT2D eigenvalue weighted by molar-refractivity contribution is 5.92. The van der Waals surface area contributed by atoms with Gasteiger partial charge in [0.2, 0.25) is 0 Å². The van der Waals surface area contributed by atoms with Crippen LogP contribution in [0.1, 0.15) is 22.5 Å². The lowest BCUT2D eigenvalue weighted by Crippen LogP contribution is -2.49. The molecule has 7 nitrogen and oxygen atoms in total. The standard InChI is InChI=1S/C19H24F3N5O2/c20-19(21,22)15-29-12-4-7-25-8-10-26(11-9-25)18(28)17-14-27(24-23-17)13-16-5-2-1-3-6-16/h1-3,5-6,14H,4,7-13,15H2. The smallest absolute Gasteiger partial charge is 0.372 e. The molecule has 1 aromatic carbocycles. The Bertz CT molecular complexity index is 774. The number of ether oxygens (including phenoxy) is 1. The zero-order chi connectivity index (χ0) is 20.7. The van der Waals surface area contributed by atoms with E-state index in [1.165, 1.54) is 0 Å². The first-order valence-electron chi connectivity index (χ1n) is 9.51. The van der Waals surface area contributed by atoms with Crippen molar-refractivity contribution in [1.82, 2.24) is 24.8 Å². The number of rotatable bonds is 8. The third-order valence-electron chi connectivity index (χ3n) is 4.63. The molecule has 0 radical (unpaired) electrons. The molecular formula is C19H24F3N5O2. The summed E-state index contributed by atoms with van der Waals surface area (Å²) < 4.78 is 42.3. The van der Waals surface area contributed by atoms with Gasteiger partial charge in [0.25, 0.3) is 5.91 Å². The molecule has 2 heterocycles. The second-order valence-corrected chi connectivity index (χ2v) is 6.94. The van der Waals surface area contributed by atoms with Crippen LogP contribution < -0.4 is 0 Å². The molecule has 0 N–H and O–H groups in total. The lowest BCUT2D eigenvalue weighted by Gasteiger charge is -2.34. The summed E-state index contributed by atoms with van der Waals surface area (Å²) in [5.41, 5.74) is 1.39. The number of aromatic nitrogens is 3. The number of hydrogen-bond acceptors (Lipinski definition) is 5. The van der Waals surface area contributed by atoms with E-state index in [2.05, 4.69) is 19.9 Å². The second kappa shape index (κ2) is 9.84. The molecule has 0 bridgehead atoms. The van der Waals surface area contributed by atoms with E-state index >= 15 is 0 Å². The molecule has 0 unspecified atom stereocenters. The number of benzene rings is 1. The van der Waals surface area contributed by atoms with Gasteiger partial charge in [-0.1, -0.05) is 35.5 Å². The fourth-order valence-electron chi connectivity index (χ4n) is 3.16. The van der Waals surface area contributed by atoms with Crippen molar-refractivity contribution >= 4 is 5.91 Å². The van der Waals surface area contributed by atoms with Gasteiger partial charge in [0, 0.05) is 39.3 Å². The van der Waals surface area contributed by atoms with Crippen LogP contribution in [0.5, 0.6) is 0 Å². The third kappa shape index (κ3) is 6.82. The summed E-state index contributed by atoms with van der Waals surface area (Å²) in [6.07, 6.45) is -2.10. The normalized spacial score (nSPS) is 15.6. The van der Waals surface area contributed by atoms with Crippen LogP contribution in [0, 0.1) is 0 Å². The van der Waals surface area contributed by atoms with E-state index in [-0.39, 0.29) is 12.5 Å². The van der Waals surface area contributed by atoms with Crippen molar-refractivity contribution in [2.24, 2.45) is 0 Å². The van der Waals surface area contributed by atoms with E-state index < -0.39 is 12.8 Å². The molecule has 0 aliphatic carbocycles. The summed E-state index contributed by atoms with van der Waals surface area (Å²) >= 11 is 0. The van der Waals surface area contributed by atoms with Crippen LogP contribution >= 0.6 is 0 Å². The summed E-state index contributed by atoms with van der Waals surface area (Å²) in [6, 6.07) is 9.79. The SMILES string of the molecule is O=C(c1cn(Cc2ccccc2)nn1)N1CCN(CCCOCC(F)(F)F)CC1. The lowest BCUT2D eigenvalue weighted by atomic mass is 10.2. The molecule has 2 aromatic rings. The van der Waals surface area contributed by atoms with Crippen LogP contribution in [0.2, 0.25) is 0 Å². The molecule has 0 saturated carbocycles. The van der Waals surface area contributed by atoms with Crippen molar-refractivity contribution in [3.63, 3.8) is 0 Å². The van der Waals surface area contributed by atoms with Crippen LogP contribution in [0.15, 0.2) is 36.5 Å². The largest absolute Gasteiger partial charge is 0.411 e. The van der Waals surface area contributed by atoms with Crippen molar-refractivity contribution in [3.8, 4) is 0 Å². The Balaban J connectivity index is 1.39. The number of alkyl halides is 3. The number of amides is 1. The maximum atomic E-state index is 12.6. The topological polar surface area (TPSA) is 63.5 Å². The summed E-state index contributed by atoms with van der Waals surface area (Å²) in [5.74, 6) is -0.155. The van der Waals surface area contributed by atoms with E-state index in [0.717, 1.165) is 5.56 Å². The average Bonchev–Trinajstić information content (AvgIpc) is 3.16. The molecule has 1 fully saturated rings. The van der Waals surface area contributed by atoms with E-state index in [9.17, 15) is 18.0 Å². The average molecular weight is 411 g/mol. The molecule has 0 spiro atoms. The van der Waals surface area contributed by atoms with Gasteiger partial charge in [0.1, 0.15) is 6.61 Å². The van der Waals surface area contributed by atoms with Crippen LogP contribution in [-0.2, 0) is 11.3 Å². The van der Waals surface area contributed by atoms with Gasteiger partial charge in [-0.25, -0.2) is 4.68 Å². The Morgan fingerprint density at radius 1 is 1.10 bits per heavy atom. The Kier molecular flexibility index (Phi) is 7.21. The molecule has 1 aliphatic heterocycles. The maximum Gasteiger partial charge on any atom is 0.411 e. The molecule has 1 aliphatic rings. The van der Waals surface area contributed by atoms with Crippen molar-refractivity contribution in [3.05, 3.63) is 47.8 Å². The Morgan fingerprint density at radius 3 is 2.52 bits per heavy atom. The lowest BCUT2D eigenvalue weighted by molar-refractivity contribution is -0.174. The summed E-state index contributed by atoms with van der Waals surface area (Å²) in [5, 5.41) is 8.03. The van der Waals surface area contributed by atoms with E-state index in [4.69, 9.17) is 0 Å². The minimum atomic E-state index is -4.28. The van der Waals surface area contributed by atoms with E-state index in [1.54, 1.807) is 15.8 Å². The fraction of sp³-hybridized carbons (Fsp3) is 0.526. The number of carbonyl (C=O) groups excluding carboxylic acids is 1. The number of nitrogens with zero attached hydrogens (tertiary/aromatic N) is 5. The van der Waals surface area contributed by atoms with Crippen molar-refractivity contribution in [2.75, 3.05) is 45.9 Å². The monoisotopic (exact) mass is 411 g/mol. The highest BCUT2D eigenvalue weighted by Crippen LogP contribution is 2.14. The second-order valence-electron chi connectivity index (χ2n) is 6.94. The van der Waals surface area contributed by atoms with Crippen LogP contribution in [0.4, 0.5) is 13.2 Å². The number of piperazine rings is 1. The molecule has 3 rings (SSSR count). The van der Waals surface area contributed by atoms with E-state index in [0.29, 0.717) is 51.4 Å². The van der Waals surface area contributed by atoms with Crippen molar-refractivity contribution in [2.45, 2.75) is 19.1 Å². The quantitative estimate of drug-likeness (QED) is 0.623. The molecule has 29 heavy (non-hydrogen) atoms. The fourth-order valence-corrected chi connectivity index (χ4v) is 3.16. The molecule has 10 heteroatoms. The van der Waals surface area contributed by atoms with Gasteiger partial charge in [0.05, 0.1) is 12.7 Å². The Labute approximate surface area is 167 Å². The zero-order valence-electron chi connectivity index (χ0n) is 16.0. The van der Waals surface area contributed by atoms with Gasteiger partial charge < -0.3 is 9.64 Å². The number of halogens is 3.